The Morgan fingerprint density at radius 1 is 1.19 bits per heavy atom. The molecule has 1 heterocycles. The van der Waals surface area contributed by atoms with Crippen molar-refractivity contribution in [1.29, 1.82) is 0 Å². The predicted molar refractivity (Wildman–Crippen MR) is 93.1 cm³/mol. The smallest absolute Gasteiger partial charge is 0.127 e. The third-order valence-corrected chi connectivity index (χ3v) is 5.24. The van der Waals surface area contributed by atoms with Crippen LogP contribution < -0.4 is 10.1 Å². The standard InChI is InChI=1S/C17H17Br2NO/c1-10-7-11(3-4-15(10)19)16(20-2)14-9-13(18)8-12-5-6-21-17(12)14/h3-4,7-9,16,20H,5-6H2,1-2H3. The first-order chi connectivity index (χ1) is 10.1. The summed E-state index contributed by atoms with van der Waals surface area (Å²) in [5.74, 6) is 1.04. The number of hydrogen-bond acceptors (Lipinski definition) is 2. The van der Waals surface area contributed by atoms with Gasteiger partial charge in [-0.15, -0.1) is 0 Å². The Morgan fingerprint density at radius 2 is 2.00 bits per heavy atom. The molecule has 0 amide bonds. The van der Waals surface area contributed by atoms with Crippen LogP contribution in [0.4, 0.5) is 0 Å². The number of nitrogens with one attached hydrogen (secondary N) is 1. The van der Waals surface area contributed by atoms with Gasteiger partial charge in [0.25, 0.3) is 0 Å². The summed E-state index contributed by atoms with van der Waals surface area (Å²) in [6.45, 7) is 2.89. The number of fused-ring (bicyclic) bond motifs is 1. The van der Waals surface area contributed by atoms with E-state index in [0.29, 0.717) is 0 Å². The molecule has 2 nitrogen and oxygen atoms in total. The van der Waals surface area contributed by atoms with Gasteiger partial charge in [0.2, 0.25) is 0 Å². The topological polar surface area (TPSA) is 21.3 Å². The first kappa shape index (κ1) is 15.1. The highest BCUT2D eigenvalue weighted by Gasteiger charge is 2.23. The molecule has 0 bridgehead atoms. The number of ether oxygens (including phenoxy) is 1. The minimum atomic E-state index is 0.126. The van der Waals surface area contributed by atoms with Crippen molar-refractivity contribution in [3.8, 4) is 5.75 Å². The molecule has 0 radical (unpaired) electrons. The second kappa shape index (κ2) is 6.11. The molecule has 0 saturated heterocycles. The summed E-state index contributed by atoms with van der Waals surface area (Å²) in [6, 6.07) is 10.9. The van der Waals surface area contributed by atoms with Gasteiger partial charge in [-0.3, -0.25) is 0 Å². The lowest BCUT2D eigenvalue weighted by molar-refractivity contribution is 0.351. The van der Waals surface area contributed by atoms with Crippen LogP contribution in [0.1, 0.15) is 28.3 Å². The van der Waals surface area contributed by atoms with Crippen molar-refractivity contribution < 1.29 is 4.74 Å². The fourth-order valence-corrected chi connectivity index (χ4v) is 3.63. The maximum Gasteiger partial charge on any atom is 0.127 e. The summed E-state index contributed by atoms with van der Waals surface area (Å²) in [5, 5.41) is 3.42. The van der Waals surface area contributed by atoms with Gasteiger partial charge in [0, 0.05) is 20.9 Å². The summed E-state index contributed by atoms with van der Waals surface area (Å²) in [7, 11) is 1.99. The molecule has 0 spiro atoms. The zero-order valence-electron chi connectivity index (χ0n) is 12.0. The third kappa shape index (κ3) is 2.89. The lowest BCUT2D eigenvalue weighted by Crippen LogP contribution is -2.18. The summed E-state index contributed by atoms with van der Waals surface area (Å²) in [6.07, 6.45) is 0.984. The molecule has 2 aromatic carbocycles. The molecule has 1 unspecified atom stereocenters. The van der Waals surface area contributed by atoms with Gasteiger partial charge in [-0.25, -0.2) is 0 Å². The minimum Gasteiger partial charge on any atom is -0.493 e. The Morgan fingerprint density at radius 3 is 2.71 bits per heavy atom. The Kier molecular flexibility index (Phi) is 4.38. The molecule has 1 atom stereocenters. The van der Waals surface area contributed by atoms with E-state index in [0.717, 1.165) is 27.7 Å². The summed E-state index contributed by atoms with van der Waals surface area (Å²) >= 11 is 7.19. The maximum absolute atomic E-state index is 5.87. The Hall–Kier alpha value is -0.840. The summed E-state index contributed by atoms with van der Waals surface area (Å²) in [5.41, 5.74) is 4.96. The molecule has 110 valence electrons. The molecule has 0 aliphatic carbocycles. The highest BCUT2D eigenvalue weighted by atomic mass is 79.9. The maximum atomic E-state index is 5.87. The van der Waals surface area contributed by atoms with Gasteiger partial charge in [-0.2, -0.15) is 0 Å². The Labute approximate surface area is 142 Å². The lowest BCUT2D eigenvalue weighted by Gasteiger charge is -2.21. The lowest BCUT2D eigenvalue weighted by atomic mass is 9.95. The van der Waals surface area contributed by atoms with Gasteiger partial charge in [0.1, 0.15) is 5.75 Å². The van der Waals surface area contributed by atoms with Crippen LogP contribution in [0.2, 0.25) is 0 Å². The Bertz CT molecular complexity index is 685. The van der Waals surface area contributed by atoms with Gasteiger partial charge in [0.15, 0.2) is 0 Å². The van der Waals surface area contributed by atoms with E-state index >= 15 is 0 Å². The molecule has 2 aromatic rings. The quantitative estimate of drug-likeness (QED) is 0.787. The van der Waals surface area contributed by atoms with Crippen molar-refractivity contribution in [3.63, 3.8) is 0 Å². The van der Waals surface area contributed by atoms with Crippen LogP contribution in [-0.4, -0.2) is 13.7 Å². The van der Waals surface area contributed by atoms with Crippen molar-refractivity contribution in [2.24, 2.45) is 0 Å². The van der Waals surface area contributed by atoms with Crippen molar-refractivity contribution in [2.45, 2.75) is 19.4 Å². The van der Waals surface area contributed by atoms with Crippen molar-refractivity contribution in [1.82, 2.24) is 5.32 Å². The molecular formula is C17H17Br2NO. The number of benzene rings is 2. The van der Waals surface area contributed by atoms with Crippen molar-refractivity contribution in [3.05, 3.63) is 61.5 Å². The number of aryl methyl sites for hydroxylation is 1. The number of halogens is 2. The van der Waals surface area contributed by atoms with E-state index in [9.17, 15) is 0 Å². The van der Waals surface area contributed by atoms with Crippen LogP contribution in [0.25, 0.3) is 0 Å². The van der Waals surface area contributed by atoms with E-state index < -0.39 is 0 Å². The summed E-state index contributed by atoms with van der Waals surface area (Å²) in [4.78, 5) is 0. The Balaban J connectivity index is 2.10. The molecule has 1 N–H and O–H groups in total. The third-order valence-electron chi connectivity index (χ3n) is 3.89. The molecule has 1 aliphatic rings. The largest absolute Gasteiger partial charge is 0.493 e. The van der Waals surface area contributed by atoms with E-state index in [1.165, 1.54) is 22.3 Å². The van der Waals surface area contributed by atoms with E-state index in [1.807, 2.05) is 7.05 Å². The summed E-state index contributed by atoms with van der Waals surface area (Å²) < 4.78 is 8.12. The zero-order valence-corrected chi connectivity index (χ0v) is 15.2. The van der Waals surface area contributed by atoms with E-state index in [1.54, 1.807) is 0 Å². The molecular weight excluding hydrogens is 394 g/mol. The highest BCUT2D eigenvalue weighted by molar-refractivity contribution is 9.10. The van der Waals surface area contributed by atoms with E-state index in [2.05, 4.69) is 74.4 Å². The average Bonchev–Trinajstić information content (AvgIpc) is 2.91. The first-order valence-electron chi connectivity index (χ1n) is 6.98. The second-order valence-electron chi connectivity index (χ2n) is 5.31. The van der Waals surface area contributed by atoms with Gasteiger partial charge in [-0.05, 0) is 48.9 Å². The SMILES string of the molecule is CNC(c1ccc(Br)c(C)c1)c1cc(Br)cc2c1OCC2. The molecule has 0 saturated carbocycles. The van der Waals surface area contributed by atoms with Crippen LogP contribution >= 0.6 is 31.9 Å². The number of rotatable bonds is 3. The van der Waals surface area contributed by atoms with E-state index in [4.69, 9.17) is 4.74 Å². The fraction of sp³-hybridized carbons (Fsp3) is 0.294. The van der Waals surface area contributed by atoms with Crippen molar-refractivity contribution >= 4 is 31.9 Å². The normalized spacial score (nSPS) is 14.7. The average molecular weight is 411 g/mol. The van der Waals surface area contributed by atoms with Crippen LogP contribution in [0.15, 0.2) is 39.3 Å². The molecule has 4 heteroatoms. The van der Waals surface area contributed by atoms with Crippen LogP contribution in [0, 0.1) is 6.92 Å². The molecule has 3 rings (SSSR count). The monoisotopic (exact) mass is 409 g/mol. The van der Waals surface area contributed by atoms with Gasteiger partial charge in [0.05, 0.1) is 12.6 Å². The van der Waals surface area contributed by atoms with Gasteiger partial charge < -0.3 is 10.1 Å². The van der Waals surface area contributed by atoms with Crippen LogP contribution in [-0.2, 0) is 6.42 Å². The van der Waals surface area contributed by atoms with Gasteiger partial charge >= 0.3 is 0 Å². The predicted octanol–water partition coefficient (Wildman–Crippen LogP) is 4.76. The molecule has 21 heavy (non-hydrogen) atoms. The molecule has 0 fully saturated rings. The highest BCUT2D eigenvalue weighted by Crippen LogP contribution is 2.39. The fourth-order valence-electron chi connectivity index (χ4n) is 2.86. The molecule has 0 aromatic heterocycles. The van der Waals surface area contributed by atoms with Crippen molar-refractivity contribution in [2.75, 3.05) is 13.7 Å². The van der Waals surface area contributed by atoms with Gasteiger partial charge in [-0.1, -0.05) is 44.0 Å². The van der Waals surface area contributed by atoms with E-state index in [-0.39, 0.29) is 6.04 Å². The molecule has 1 aliphatic heterocycles. The number of hydrogen-bond donors (Lipinski definition) is 1. The second-order valence-corrected chi connectivity index (χ2v) is 7.08. The minimum absolute atomic E-state index is 0.126. The van der Waals surface area contributed by atoms with Crippen LogP contribution in [0.5, 0.6) is 5.75 Å². The van der Waals surface area contributed by atoms with Crippen LogP contribution in [0.3, 0.4) is 0 Å². The zero-order chi connectivity index (χ0) is 15.0. The first-order valence-corrected chi connectivity index (χ1v) is 8.57.